The van der Waals surface area contributed by atoms with Crippen LogP contribution in [0, 0.1) is 0 Å². The molecule has 2 rings (SSSR count). The summed E-state index contributed by atoms with van der Waals surface area (Å²) in [6, 6.07) is 2.48. The van der Waals surface area contributed by atoms with Crippen LogP contribution in [-0.4, -0.2) is 54.0 Å². The highest BCUT2D eigenvalue weighted by molar-refractivity contribution is 9.10. The van der Waals surface area contributed by atoms with Crippen molar-refractivity contribution in [3.63, 3.8) is 0 Å². The zero-order valence-corrected chi connectivity index (χ0v) is 14.2. The fourth-order valence-corrected chi connectivity index (χ4v) is 2.85. The molecule has 5 heteroatoms. The molecule has 1 heterocycles. The number of rotatable bonds is 7. The average molecular weight is 342 g/mol. The van der Waals surface area contributed by atoms with Crippen molar-refractivity contribution in [1.29, 1.82) is 0 Å². The second-order valence-corrected chi connectivity index (χ2v) is 6.64. The molecule has 1 aliphatic rings. The maximum absolute atomic E-state index is 12.7. The molecule has 0 radical (unpaired) electrons. The van der Waals surface area contributed by atoms with Gasteiger partial charge in [-0.1, -0.05) is 0 Å². The normalized spacial score (nSPS) is 14.8. The van der Waals surface area contributed by atoms with Gasteiger partial charge in [0.2, 0.25) is 0 Å². The van der Waals surface area contributed by atoms with Gasteiger partial charge in [0.05, 0.1) is 0 Å². The summed E-state index contributed by atoms with van der Waals surface area (Å²) in [6.07, 6.45) is 5.43. The van der Waals surface area contributed by atoms with Gasteiger partial charge in [-0.25, -0.2) is 0 Å². The van der Waals surface area contributed by atoms with E-state index in [9.17, 15) is 4.79 Å². The number of aromatic nitrogens is 1. The SMILES string of the molecule is CCN(CCCN(C)C)C(=O)c1cc(Br)cn1C1CC1. The minimum Gasteiger partial charge on any atom is -0.339 e. The number of halogens is 1. The molecular formula is C15H24BrN3O. The monoisotopic (exact) mass is 341 g/mol. The molecule has 0 atom stereocenters. The Morgan fingerprint density at radius 2 is 2.10 bits per heavy atom. The lowest BCUT2D eigenvalue weighted by molar-refractivity contribution is 0.0748. The van der Waals surface area contributed by atoms with Crippen molar-refractivity contribution in [2.24, 2.45) is 0 Å². The van der Waals surface area contributed by atoms with Crippen molar-refractivity contribution in [1.82, 2.24) is 14.4 Å². The first-order chi connectivity index (χ1) is 9.52. The molecule has 0 bridgehead atoms. The number of hydrogen-bond acceptors (Lipinski definition) is 2. The first kappa shape index (κ1) is 15.6. The van der Waals surface area contributed by atoms with Crippen molar-refractivity contribution in [2.45, 2.75) is 32.2 Å². The summed E-state index contributed by atoms with van der Waals surface area (Å²) in [4.78, 5) is 16.8. The molecule has 4 nitrogen and oxygen atoms in total. The second-order valence-electron chi connectivity index (χ2n) is 5.72. The lowest BCUT2D eigenvalue weighted by Gasteiger charge is -2.22. The molecule has 0 N–H and O–H groups in total. The van der Waals surface area contributed by atoms with E-state index in [1.54, 1.807) is 0 Å². The summed E-state index contributed by atoms with van der Waals surface area (Å²) in [6.45, 7) is 4.64. The summed E-state index contributed by atoms with van der Waals surface area (Å²) in [5, 5.41) is 0. The van der Waals surface area contributed by atoms with E-state index in [0.29, 0.717) is 6.04 Å². The number of carbonyl (C=O) groups is 1. The van der Waals surface area contributed by atoms with Gasteiger partial charge in [0, 0.05) is 29.8 Å². The predicted octanol–water partition coefficient (Wildman–Crippen LogP) is 3.00. The molecule has 1 fully saturated rings. The van der Waals surface area contributed by atoms with E-state index in [0.717, 1.165) is 36.2 Å². The van der Waals surface area contributed by atoms with Gasteiger partial charge in [0.15, 0.2) is 0 Å². The molecule has 112 valence electrons. The Morgan fingerprint density at radius 3 is 2.65 bits per heavy atom. The Hall–Kier alpha value is -0.810. The minimum absolute atomic E-state index is 0.156. The van der Waals surface area contributed by atoms with E-state index in [4.69, 9.17) is 0 Å². The first-order valence-corrected chi connectivity index (χ1v) is 8.13. The standard InChI is InChI=1S/C15H24BrN3O/c1-4-18(9-5-8-17(2)3)15(20)14-10-12(16)11-19(14)13-6-7-13/h10-11,13H,4-9H2,1-3H3. The minimum atomic E-state index is 0.156. The molecular weight excluding hydrogens is 318 g/mol. The third-order valence-corrected chi connectivity index (χ3v) is 4.11. The van der Waals surface area contributed by atoms with Crippen LogP contribution in [0.2, 0.25) is 0 Å². The number of hydrogen-bond donors (Lipinski definition) is 0. The molecule has 1 saturated carbocycles. The van der Waals surface area contributed by atoms with Crippen molar-refractivity contribution in [2.75, 3.05) is 33.7 Å². The molecule has 1 amide bonds. The van der Waals surface area contributed by atoms with Crippen LogP contribution >= 0.6 is 15.9 Å². The van der Waals surface area contributed by atoms with Gasteiger partial charge >= 0.3 is 0 Å². The van der Waals surface area contributed by atoms with Crippen molar-refractivity contribution in [3.05, 3.63) is 22.4 Å². The van der Waals surface area contributed by atoms with Crippen molar-refractivity contribution >= 4 is 21.8 Å². The highest BCUT2D eigenvalue weighted by Crippen LogP contribution is 2.37. The Labute approximate surface area is 129 Å². The number of amides is 1. The Kier molecular flexibility index (Phi) is 5.27. The third kappa shape index (κ3) is 3.85. The van der Waals surface area contributed by atoms with Gasteiger partial charge in [-0.05, 0) is 68.8 Å². The smallest absolute Gasteiger partial charge is 0.270 e. The summed E-state index contributed by atoms with van der Waals surface area (Å²) in [5.41, 5.74) is 0.825. The first-order valence-electron chi connectivity index (χ1n) is 7.34. The van der Waals surface area contributed by atoms with Gasteiger partial charge in [0.25, 0.3) is 5.91 Å². The average Bonchev–Trinajstić information content (AvgIpc) is 3.16. The fraction of sp³-hybridized carbons (Fsp3) is 0.667. The molecule has 1 aromatic rings. The summed E-state index contributed by atoms with van der Waals surface area (Å²) in [7, 11) is 4.13. The summed E-state index contributed by atoms with van der Waals surface area (Å²) in [5.74, 6) is 0.156. The highest BCUT2D eigenvalue weighted by atomic mass is 79.9. The largest absolute Gasteiger partial charge is 0.339 e. The van der Waals surface area contributed by atoms with Crippen LogP contribution in [0.15, 0.2) is 16.7 Å². The van der Waals surface area contributed by atoms with Crippen LogP contribution < -0.4 is 0 Å². The topological polar surface area (TPSA) is 28.5 Å². The van der Waals surface area contributed by atoms with Gasteiger partial charge < -0.3 is 14.4 Å². The van der Waals surface area contributed by atoms with E-state index < -0.39 is 0 Å². The highest BCUT2D eigenvalue weighted by Gasteiger charge is 2.29. The van der Waals surface area contributed by atoms with E-state index >= 15 is 0 Å². The molecule has 20 heavy (non-hydrogen) atoms. The maximum Gasteiger partial charge on any atom is 0.270 e. The van der Waals surface area contributed by atoms with Crippen LogP contribution in [-0.2, 0) is 0 Å². The van der Waals surface area contributed by atoms with E-state index in [-0.39, 0.29) is 5.91 Å². The Morgan fingerprint density at radius 1 is 1.40 bits per heavy atom. The Balaban J connectivity index is 2.04. The van der Waals surface area contributed by atoms with Gasteiger partial charge in [-0.3, -0.25) is 4.79 Å². The van der Waals surface area contributed by atoms with Gasteiger partial charge in [-0.15, -0.1) is 0 Å². The zero-order chi connectivity index (χ0) is 14.7. The number of nitrogens with zero attached hydrogens (tertiary/aromatic N) is 3. The predicted molar refractivity (Wildman–Crippen MR) is 85.2 cm³/mol. The summed E-state index contributed by atoms with van der Waals surface area (Å²) < 4.78 is 3.14. The van der Waals surface area contributed by atoms with Crippen LogP contribution in [0.1, 0.15) is 42.7 Å². The quantitative estimate of drug-likeness (QED) is 0.762. The molecule has 0 spiro atoms. The van der Waals surface area contributed by atoms with E-state index in [2.05, 4.69) is 39.5 Å². The van der Waals surface area contributed by atoms with Crippen molar-refractivity contribution in [3.8, 4) is 0 Å². The second kappa shape index (κ2) is 6.76. The third-order valence-electron chi connectivity index (χ3n) is 3.68. The molecule has 0 aliphatic heterocycles. The van der Waals surface area contributed by atoms with Crippen LogP contribution in [0.5, 0.6) is 0 Å². The molecule has 1 aliphatic carbocycles. The van der Waals surface area contributed by atoms with Crippen LogP contribution in [0.25, 0.3) is 0 Å². The molecule has 0 unspecified atom stereocenters. The number of carbonyl (C=O) groups excluding carboxylic acids is 1. The van der Waals surface area contributed by atoms with Crippen LogP contribution in [0.4, 0.5) is 0 Å². The lowest BCUT2D eigenvalue weighted by Crippen LogP contribution is -2.34. The Bertz CT molecular complexity index is 466. The fourth-order valence-electron chi connectivity index (χ4n) is 2.41. The van der Waals surface area contributed by atoms with Crippen LogP contribution in [0.3, 0.4) is 0 Å². The maximum atomic E-state index is 12.7. The van der Waals surface area contributed by atoms with Gasteiger partial charge in [0.1, 0.15) is 5.69 Å². The summed E-state index contributed by atoms with van der Waals surface area (Å²) >= 11 is 3.49. The van der Waals surface area contributed by atoms with E-state index in [1.807, 2.05) is 24.1 Å². The van der Waals surface area contributed by atoms with Crippen molar-refractivity contribution < 1.29 is 4.79 Å². The van der Waals surface area contributed by atoms with E-state index in [1.165, 1.54) is 12.8 Å². The lowest BCUT2D eigenvalue weighted by atomic mass is 10.3. The zero-order valence-electron chi connectivity index (χ0n) is 12.6. The molecule has 0 aromatic carbocycles. The molecule has 0 saturated heterocycles. The molecule has 1 aromatic heterocycles. The van der Waals surface area contributed by atoms with Gasteiger partial charge in [-0.2, -0.15) is 0 Å².